The number of ether oxygens (including phenoxy) is 1. The zero-order chi connectivity index (χ0) is 26.5. The van der Waals surface area contributed by atoms with Crippen molar-refractivity contribution >= 4 is 53.9 Å². The van der Waals surface area contributed by atoms with Crippen LogP contribution in [-0.2, 0) is 25.5 Å². The number of primary amides is 1. The molecule has 6 unspecified atom stereocenters. The monoisotopic (exact) mass is 575 g/mol. The van der Waals surface area contributed by atoms with Crippen LogP contribution in [0.1, 0.15) is 35.7 Å². The van der Waals surface area contributed by atoms with E-state index in [2.05, 4.69) is 10.6 Å². The molecule has 1 aromatic rings. The third-order valence-corrected chi connectivity index (χ3v) is 7.44. The van der Waals surface area contributed by atoms with Crippen molar-refractivity contribution in [2.45, 2.75) is 44.1 Å². The highest BCUT2D eigenvalue weighted by Crippen LogP contribution is 2.53. The summed E-state index contributed by atoms with van der Waals surface area (Å²) in [5.41, 5.74) is 2.74. The highest BCUT2D eigenvalue weighted by atomic mass is 35.5. The third kappa shape index (κ3) is 4.99. The van der Waals surface area contributed by atoms with Crippen LogP contribution in [0.3, 0.4) is 0 Å². The van der Waals surface area contributed by atoms with Crippen LogP contribution in [-0.4, -0.2) is 75.4 Å². The van der Waals surface area contributed by atoms with Crippen molar-refractivity contribution in [1.29, 1.82) is 0 Å². The van der Waals surface area contributed by atoms with E-state index in [-0.39, 0.29) is 61.0 Å². The Morgan fingerprint density at radius 3 is 2.47 bits per heavy atom. The van der Waals surface area contributed by atoms with Gasteiger partial charge in [-0.25, -0.2) is 0 Å². The second-order valence-corrected chi connectivity index (χ2v) is 9.52. The van der Waals surface area contributed by atoms with Crippen LogP contribution in [0.25, 0.3) is 0 Å². The number of Topliss-reactive ketones (excluding diaryl/α,β-unsaturated/α-hetero) is 2. The maximum Gasteiger partial charge on any atom is 0.238 e. The predicted molar refractivity (Wildman–Crippen MR) is 138 cm³/mol. The predicted octanol–water partition coefficient (Wildman–Crippen LogP) is 0.110. The van der Waals surface area contributed by atoms with Crippen LogP contribution >= 0.6 is 24.8 Å². The number of rotatable bonds is 6. The van der Waals surface area contributed by atoms with Crippen molar-refractivity contribution in [3.05, 3.63) is 34.6 Å². The topological polar surface area (TPSA) is 209 Å². The molecule has 38 heavy (non-hydrogen) atoms. The Morgan fingerprint density at radius 1 is 1.21 bits per heavy atom. The Balaban J connectivity index is 0.00000253. The van der Waals surface area contributed by atoms with Gasteiger partial charge in [-0.15, -0.1) is 24.8 Å². The minimum Gasteiger partial charge on any atom is -0.508 e. The molecule has 6 atom stereocenters. The summed E-state index contributed by atoms with van der Waals surface area (Å²) in [5, 5.41) is 48.6. The Bertz CT molecular complexity index is 1190. The third-order valence-electron chi connectivity index (χ3n) is 7.44. The van der Waals surface area contributed by atoms with Gasteiger partial charge in [-0.2, -0.15) is 0 Å². The number of phenolic OH excluding ortho intramolecular Hbond substituents is 1. The number of carbonyl (C=O) groups excluding carboxylic acids is 4. The first-order valence-corrected chi connectivity index (χ1v) is 11.5. The van der Waals surface area contributed by atoms with Gasteiger partial charge in [-0.1, -0.05) is 6.07 Å². The Morgan fingerprint density at radius 2 is 1.87 bits per heavy atom. The number of nitrogens with two attached hydrogens (primary N) is 1. The number of amides is 2. The van der Waals surface area contributed by atoms with Crippen LogP contribution in [0.4, 0.5) is 5.69 Å². The fraction of sp³-hybridized carbons (Fsp3) is 0.500. The molecule has 0 spiro atoms. The number of aromatic hydroxyl groups is 1. The number of hydrogen-bond donors (Lipinski definition) is 7. The van der Waals surface area contributed by atoms with E-state index >= 15 is 0 Å². The van der Waals surface area contributed by atoms with E-state index < -0.39 is 77.0 Å². The number of allylic oxidation sites excluding steroid dienone is 1. The van der Waals surface area contributed by atoms with Crippen molar-refractivity contribution in [1.82, 2.24) is 5.32 Å². The van der Waals surface area contributed by atoms with Crippen molar-refractivity contribution in [2.75, 3.05) is 19.0 Å². The Hall–Kier alpha value is -2.74. The normalized spacial score (nSPS) is 28.6. The number of phenols is 1. The first kappa shape index (κ1) is 31.5. The Labute approximate surface area is 230 Å². The molecule has 3 aliphatic rings. The molecule has 0 saturated heterocycles. The molecule has 0 bridgehead atoms. The van der Waals surface area contributed by atoms with Crippen molar-refractivity contribution in [2.24, 2.45) is 23.5 Å². The number of methoxy groups -OCH3 is 1. The number of ketones is 2. The van der Waals surface area contributed by atoms with E-state index in [0.717, 1.165) is 0 Å². The summed E-state index contributed by atoms with van der Waals surface area (Å²) in [7, 11) is 1.46. The van der Waals surface area contributed by atoms with E-state index in [1.807, 2.05) is 0 Å². The number of aliphatic hydroxyl groups excluding tert-OH is 2. The molecule has 14 heteroatoms. The summed E-state index contributed by atoms with van der Waals surface area (Å²) in [6, 6.07) is 2.90. The summed E-state index contributed by atoms with van der Waals surface area (Å²) >= 11 is 0. The van der Waals surface area contributed by atoms with Gasteiger partial charge in [0.2, 0.25) is 11.8 Å². The summed E-state index contributed by atoms with van der Waals surface area (Å²) < 4.78 is 5.00. The van der Waals surface area contributed by atoms with Crippen molar-refractivity contribution in [3.63, 3.8) is 0 Å². The van der Waals surface area contributed by atoms with E-state index in [4.69, 9.17) is 10.5 Å². The number of benzene rings is 1. The molecule has 4 rings (SSSR count). The molecule has 0 radical (unpaired) electrons. The van der Waals surface area contributed by atoms with Gasteiger partial charge in [0.05, 0.1) is 29.8 Å². The van der Waals surface area contributed by atoms with Gasteiger partial charge in [-0.05, 0) is 31.4 Å². The molecular weight excluding hydrogens is 545 g/mol. The standard InChI is InChI=1S/C24H29N3O9.2ClH/c1-9(36-2)26-8-16(30)27-14-4-3-10-5-12-18(23(25)34)13-6-11(28)7-15(29)24(13,35)22(33)19(12)21(32)17(10)20(14)31;;/h3-4,9,11-13,18,26,28,31,33,35H,5-8H2,1-2H3,(H2,25,34)(H,27,30);2*1H. The summed E-state index contributed by atoms with van der Waals surface area (Å²) in [6.45, 7) is 1.55. The maximum atomic E-state index is 13.6. The minimum absolute atomic E-state index is 0. The molecule has 3 aliphatic carbocycles. The van der Waals surface area contributed by atoms with Gasteiger partial charge in [0.1, 0.15) is 12.0 Å². The van der Waals surface area contributed by atoms with Crippen LogP contribution in [0.5, 0.6) is 5.75 Å². The zero-order valence-electron chi connectivity index (χ0n) is 20.6. The van der Waals surface area contributed by atoms with Gasteiger partial charge < -0.3 is 36.2 Å². The zero-order valence-corrected chi connectivity index (χ0v) is 22.2. The van der Waals surface area contributed by atoms with Gasteiger partial charge in [-0.3, -0.25) is 24.5 Å². The molecule has 1 fully saturated rings. The SMILES string of the molecule is COC(C)NCC(=O)Nc1ccc2c(c1O)C(=O)C1=C(O)C3(O)C(=O)CC(O)CC3C(C(N)=O)C1C2.Cl.Cl. The number of carbonyl (C=O) groups is 4. The molecule has 8 N–H and O–H groups in total. The van der Waals surface area contributed by atoms with Crippen molar-refractivity contribution in [3.8, 4) is 5.75 Å². The molecule has 210 valence electrons. The number of nitrogens with one attached hydrogen (secondary N) is 2. The summed E-state index contributed by atoms with van der Waals surface area (Å²) in [6.07, 6.45) is -2.19. The average Bonchev–Trinajstić information content (AvgIpc) is 2.81. The first-order valence-electron chi connectivity index (χ1n) is 11.5. The average molecular weight is 576 g/mol. The van der Waals surface area contributed by atoms with E-state index in [9.17, 15) is 39.6 Å². The largest absolute Gasteiger partial charge is 0.508 e. The molecule has 0 aromatic heterocycles. The van der Waals surface area contributed by atoms with Gasteiger partial charge >= 0.3 is 0 Å². The van der Waals surface area contributed by atoms with Crippen LogP contribution in [0.2, 0.25) is 0 Å². The number of aliphatic hydroxyl groups is 3. The molecule has 12 nitrogen and oxygen atoms in total. The van der Waals surface area contributed by atoms with Crippen LogP contribution in [0.15, 0.2) is 23.5 Å². The molecule has 1 saturated carbocycles. The fourth-order valence-electron chi connectivity index (χ4n) is 5.62. The number of hydrogen-bond acceptors (Lipinski definition) is 10. The smallest absolute Gasteiger partial charge is 0.238 e. The van der Waals surface area contributed by atoms with E-state index in [0.29, 0.717) is 5.56 Å². The summed E-state index contributed by atoms with van der Waals surface area (Å²) in [4.78, 5) is 51.1. The summed E-state index contributed by atoms with van der Waals surface area (Å²) in [5.74, 6) is -8.11. The van der Waals surface area contributed by atoms with Crippen LogP contribution < -0.4 is 16.4 Å². The molecule has 0 aliphatic heterocycles. The number of anilines is 1. The lowest BCUT2D eigenvalue weighted by Crippen LogP contribution is -2.63. The minimum atomic E-state index is -2.57. The lowest BCUT2D eigenvalue weighted by molar-refractivity contribution is -0.163. The molecule has 0 heterocycles. The number of fused-ring (bicyclic) bond motifs is 3. The number of halogens is 2. The van der Waals surface area contributed by atoms with Gasteiger partial charge in [0, 0.05) is 30.9 Å². The molecular formula is C24H31Cl2N3O9. The lowest BCUT2D eigenvalue weighted by atomic mass is 9.55. The van der Waals surface area contributed by atoms with Gasteiger partial charge in [0.25, 0.3) is 0 Å². The second-order valence-electron chi connectivity index (χ2n) is 9.52. The van der Waals surface area contributed by atoms with Crippen molar-refractivity contribution < 1.29 is 44.3 Å². The Kier molecular flexibility index (Phi) is 9.58. The molecule has 1 aromatic carbocycles. The van der Waals surface area contributed by atoms with E-state index in [1.165, 1.54) is 19.2 Å². The van der Waals surface area contributed by atoms with E-state index in [1.54, 1.807) is 6.92 Å². The van der Waals surface area contributed by atoms with Crippen LogP contribution in [0, 0.1) is 17.8 Å². The fourth-order valence-corrected chi connectivity index (χ4v) is 5.62. The molecule has 2 amide bonds. The van der Waals surface area contributed by atoms with Gasteiger partial charge in [0.15, 0.2) is 22.9 Å². The highest BCUT2D eigenvalue weighted by molar-refractivity contribution is 6.16. The quantitative estimate of drug-likeness (QED) is 0.180. The second kappa shape index (κ2) is 11.6. The highest BCUT2D eigenvalue weighted by Gasteiger charge is 2.63. The maximum absolute atomic E-state index is 13.6. The first-order chi connectivity index (χ1) is 16.9. The lowest BCUT2D eigenvalue weighted by Gasteiger charge is -2.50.